The van der Waals surface area contributed by atoms with Crippen LogP contribution in [0, 0.1) is 0 Å². The molecule has 2 N–H and O–H groups in total. The highest BCUT2D eigenvalue weighted by Crippen LogP contribution is 2.29. The average molecular weight is 312 g/mol. The molecule has 0 saturated heterocycles. The molecule has 1 aromatic carbocycles. The van der Waals surface area contributed by atoms with Crippen molar-refractivity contribution in [1.29, 1.82) is 0 Å². The minimum Gasteiger partial charge on any atom is -0.338 e. The molecule has 1 aromatic rings. The van der Waals surface area contributed by atoms with E-state index in [0.717, 1.165) is 31.4 Å². The second-order valence-electron chi connectivity index (χ2n) is 5.31. The van der Waals surface area contributed by atoms with Gasteiger partial charge in [-0.3, -0.25) is 0 Å². The summed E-state index contributed by atoms with van der Waals surface area (Å²) in [5.74, 6) is 0. The van der Waals surface area contributed by atoms with Gasteiger partial charge in [0.05, 0.1) is 5.56 Å². The first-order valence-electron chi connectivity index (χ1n) is 7.35. The summed E-state index contributed by atoms with van der Waals surface area (Å²) in [5, 5.41) is 5.23. The van der Waals surface area contributed by atoms with Crippen LogP contribution in [0.1, 0.15) is 37.7 Å². The van der Waals surface area contributed by atoms with Gasteiger partial charge in [0, 0.05) is 12.2 Å². The van der Waals surface area contributed by atoms with Crippen LogP contribution in [0.15, 0.2) is 35.9 Å². The third-order valence-corrected chi connectivity index (χ3v) is 3.59. The lowest BCUT2D eigenvalue weighted by Gasteiger charge is -2.13. The predicted molar refractivity (Wildman–Crippen MR) is 79.6 cm³/mol. The molecule has 0 unspecified atom stereocenters. The summed E-state index contributed by atoms with van der Waals surface area (Å²) >= 11 is 0. The Labute approximate surface area is 127 Å². The van der Waals surface area contributed by atoms with Crippen LogP contribution >= 0.6 is 0 Å². The molecule has 0 radical (unpaired) electrons. The number of rotatable bonds is 4. The summed E-state index contributed by atoms with van der Waals surface area (Å²) in [6, 6.07) is 3.97. The Morgan fingerprint density at radius 2 is 1.86 bits per heavy atom. The summed E-state index contributed by atoms with van der Waals surface area (Å²) in [4.78, 5) is 11.7. The maximum Gasteiger partial charge on any atom is 0.416 e. The Balaban J connectivity index is 1.76. The Bertz CT molecular complexity index is 535. The lowest BCUT2D eigenvalue weighted by atomic mass is 9.97. The van der Waals surface area contributed by atoms with Gasteiger partial charge in [0.2, 0.25) is 0 Å². The number of amides is 2. The molecule has 22 heavy (non-hydrogen) atoms. The quantitative estimate of drug-likeness (QED) is 0.776. The molecule has 0 aromatic heterocycles. The van der Waals surface area contributed by atoms with Crippen molar-refractivity contribution in [3.05, 3.63) is 41.5 Å². The van der Waals surface area contributed by atoms with Crippen LogP contribution in [0.5, 0.6) is 0 Å². The number of hydrogen-bond donors (Lipinski definition) is 2. The number of carbonyl (C=O) groups is 1. The maximum absolute atomic E-state index is 12.4. The Hall–Kier alpha value is -1.98. The van der Waals surface area contributed by atoms with Crippen LogP contribution in [-0.4, -0.2) is 12.6 Å². The van der Waals surface area contributed by atoms with Gasteiger partial charge < -0.3 is 10.6 Å². The zero-order valence-electron chi connectivity index (χ0n) is 12.2. The smallest absolute Gasteiger partial charge is 0.338 e. The number of nitrogens with one attached hydrogen (secondary N) is 2. The zero-order valence-corrected chi connectivity index (χ0v) is 12.2. The molecule has 120 valence electrons. The Kier molecular flexibility index (Phi) is 5.46. The molecule has 1 aliphatic carbocycles. The lowest BCUT2D eigenvalue weighted by Crippen LogP contribution is -2.29. The van der Waals surface area contributed by atoms with Gasteiger partial charge in [-0.1, -0.05) is 11.6 Å². The number of alkyl halides is 3. The molecular formula is C16H19F3N2O. The van der Waals surface area contributed by atoms with E-state index >= 15 is 0 Å². The molecule has 0 bridgehead atoms. The van der Waals surface area contributed by atoms with E-state index in [4.69, 9.17) is 0 Å². The second kappa shape index (κ2) is 7.33. The first-order valence-corrected chi connectivity index (χ1v) is 7.35. The molecule has 3 nitrogen and oxygen atoms in total. The number of urea groups is 1. The van der Waals surface area contributed by atoms with Crippen molar-refractivity contribution in [2.45, 2.75) is 38.3 Å². The summed E-state index contributed by atoms with van der Waals surface area (Å²) in [6.45, 7) is 0.526. The van der Waals surface area contributed by atoms with Crippen LogP contribution in [0.25, 0.3) is 0 Å². The van der Waals surface area contributed by atoms with Crippen molar-refractivity contribution < 1.29 is 18.0 Å². The Morgan fingerprint density at radius 1 is 1.14 bits per heavy atom. The minimum absolute atomic E-state index is 0.336. The molecule has 0 saturated carbocycles. The molecule has 0 heterocycles. The van der Waals surface area contributed by atoms with Crippen LogP contribution in [-0.2, 0) is 6.18 Å². The number of allylic oxidation sites excluding steroid dienone is 1. The van der Waals surface area contributed by atoms with Crippen molar-refractivity contribution in [3.8, 4) is 0 Å². The number of benzene rings is 1. The summed E-state index contributed by atoms with van der Waals surface area (Å²) in [5.41, 5.74) is 0.964. The minimum atomic E-state index is -4.37. The van der Waals surface area contributed by atoms with Gasteiger partial charge in [-0.2, -0.15) is 13.2 Å². The van der Waals surface area contributed by atoms with Gasteiger partial charge in [-0.05, 0) is 56.4 Å². The standard InChI is InChI=1S/C16H19F3N2O/c17-16(18,19)13-6-8-14(9-7-13)21-15(22)20-11-10-12-4-2-1-3-5-12/h4,6-9H,1-3,5,10-11H2,(H2,20,21,22). The van der Waals surface area contributed by atoms with E-state index in [9.17, 15) is 18.0 Å². The second-order valence-corrected chi connectivity index (χ2v) is 5.31. The molecule has 0 fully saturated rings. The molecule has 6 heteroatoms. The van der Waals surface area contributed by atoms with Gasteiger partial charge in [-0.15, -0.1) is 0 Å². The van der Waals surface area contributed by atoms with Crippen molar-refractivity contribution in [2.24, 2.45) is 0 Å². The van der Waals surface area contributed by atoms with Crippen LogP contribution < -0.4 is 10.6 Å². The maximum atomic E-state index is 12.4. The van der Waals surface area contributed by atoms with Crippen LogP contribution in [0.2, 0.25) is 0 Å². The molecule has 0 atom stereocenters. The van der Waals surface area contributed by atoms with Gasteiger partial charge in [0.1, 0.15) is 0 Å². The normalized spacial score (nSPS) is 15.1. The van der Waals surface area contributed by atoms with Gasteiger partial charge in [0.25, 0.3) is 0 Å². The average Bonchev–Trinajstić information content (AvgIpc) is 2.48. The number of carbonyl (C=O) groups excluding carboxylic acids is 1. The highest BCUT2D eigenvalue weighted by atomic mass is 19.4. The van der Waals surface area contributed by atoms with Gasteiger partial charge in [-0.25, -0.2) is 4.79 Å². The fourth-order valence-corrected chi connectivity index (χ4v) is 2.39. The molecule has 2 rings (SSSR count). The number of halogens is 3. The Morgan fingerprint density at radius 3 is 2.45 bits per heavy atom. The SMILES string of the molecule is O=C(NCCC1=CCCCC1)Nc1ccc(C(F)(F)F)cc1. The monoisotopic (exact) mass is 312 g/mol. The number of hydrogen-bond acceptors (Lipinski definition) is 1. The van der Waals surface area contributed by atoms with Crippen molar-refractivity contribution in [2.75, 3.05) is 11.9 Å². The van der Waals surface area contributed by atoms with E-state index < -0.39 is 17.8 Å². The molecule has 0 spiro atoms. The van der Waals surface area contributed by atoms with E-state index in [1.54, 1.807) is 0 Å². The van der Waals surface area contributed by atoms with E-state index in [-0.39, 0.29) is 0 Å². The van der Waals surface area contributed by atoms with Gasteiger partial charge >= 0.3 is 12.2 Å². The predicted octanol–water partition coefficient (Wildman–Crippen LogP) is 4.72. The highest BCUT2D eigenvalue weighted by molar-refractivity contribution is 5.89. The van der Waals surface area contributed by atoms with Gasteiger partial charge in [0.15, 0.2) is 0 Å². The van der Waals surface area contributed by atoms with E-state index in [1.807, 2.05) is 0 Å². The topological polar surface area (TPSA) is 41.1 Å². The van der Waals surface area contributed by atoms with Crippen LogP contribution in [0.3, 0.4) is 0 Å². The summed E-state index contributed by atoms with van der Waals surface area (Å²) in [7, 11) is 0. The largest absolute Gasteiger partial charge is 0.416 e. The summed E-state index contributed by atoms with van der Waals surface area (Å²) < 4.78 is 37.3. The fraction of sp³-hybridized carbons (Fsp3) is 0.438. The first-order chi connectivity index (χ1) is 10.4. The summed E-state index contributed by atoms with van der Waals surface area (Å²) in [6.07, 6.45) is 3.29. The molecule has 2 amide bonds. The molecule has 1 aliphatic rings. The third-order valence-electron chi connectivity index (χ3n) is 3.59. The van der Waals surface area contributed by atoms with Crippen molar-refractivity contribution in [3.63, 3.8) is 0 Å². The number of anilines is 1. The third kappa shape index (κ3) is 5.09. The lowest BCUT2D eigenvalue weighted by molar-refractivity contribution is -0.137. The zero-order chi connectivity index (χ0) is 16.0. The van der Waals surface area contributed by atoms with E-state index in [2.05, 4.69) is 16.7 Å². The van der Waals surface area contributed by atoms with E-state index in [1.165, 1.54) is 30.5 Å². The van der Waals surface area contributed by atoms with Crippen molar-refractivity contribution in [1.82, 2.24) is 5.32 Å². The fourth-order valence-electron chi connectivity index (χ4n) is 2.39. The molecular weight excluding hydrogens is 293 g/mol. The van der Waals surface area contributed by atoms with Crippen LogP contribution in [0.4, 0.5) is 23.7 Å². The van der Waals surface area contributed by atoms with E-state index in [0.29, 0.717) is 12.2 Å². The highest BCUT2D eigenvalue weighted by Gasteiger charge is 2.29. The molecule has 0 aliphatic heterocycles. The van der Waals surface area contributed by atoms with Crippen molar-refractivity contribution >= 4 is 11.7 Å². The first kappa shape index (κ1) is 16.4.